The second kappa shape index (κ2) is 5.88. The lowest BCUT2D eigenvalue weighted by molar-refractivity contribution is -0.136. The topological polar surface area (TPSA) is 82.7 Å². The summed E-state index contributed by atoms with van der Waals surface area (Å²) < 4.78 is 4.68. The molecule has 1 aromatic heterocycles. The molecule has 1 amide bonds. The molecular formula is C13H22N4O3. The third-order valence-electron chi connectivity index (χ3n) is 3.73. The lowest BCUT2D eigenvalue weighted by Crippen LogP contribution is -2.50. The van der Waals surface area contributed by atoms with E-state index in [1.54, 1.807) is 14.1 Å². The highest BCUT2D eigenvalue weighted by molar-refractivity contribution is 5.76. The number of amides is 1. The minimum absolute atomic E-state index is 0.0476. The number of rotatable bonds is 4. The first-order valence-corrected chi connectivity index (χ1v) is 6.82. The van der Waals surface area contributed by atoms with Crippen molar-refractivity contribution in [2.75, 3.05) is 27.2 Å². The molecule has 1 fully saturated rings. The number of carbonyl (C=O) groups is 1. The number of likely N-dealkylation sites (tertiary alicyclic amines) is 1. The number of aliphatic hydroxyl groups is 1. The van der Waals surface area contributed by atoms with Gasteiger partial charge < -0.3 is 10.0 Å². The highest BCUT2D eigenvalue weighted by atomic mass is 16.6. The molecule has 112 valence electrons. The van der Waals surface area contributed by atoms with Gasteiger partial charge in [0.25, 0.3) is 0 Å². The largest absolute Gasteiger partial charge is 0.388 e. The summed E-state index contributed by atoms with van der Waals surface area (Å²) >= 11 is 0. The number of aromatic nitrogens is 2. The molecule has 1 aliphatic rings. The van der Waals surface area contributed by atoms with E-state index in [4.69, 9.17) is 0 Å². The van der Waals surface area contributed by atoms with Gasteiger partial charge >= 0.3 is 0 Å². The van der Waals surface area contributed by atoms with Gasteiger partial charge in [0.05, 0.1) is 12.0 Å². The maximum Gasteiger partial charge on any atom is 0.224 e. The first kappa shape index (κ1) is 14.9. The highest BCUT2D eigenvalue weighted by Crippen LogP contribution is 2.26. The molecule has 20 heavy (non-hydrogen) atoms. The molecule has 1 aromatic rings. The predicted molar refractivity (Wildman–Crippen MR) is 71.8 cm³/mol. The fourth-order valence-electron chi connectivity index (χ4n) is 2.53. The van der Waals surface area contributed by atoms with Gasteiger partial charge in [-0.15, -0.1) is 0 Å². The third-order valence-corrected chi connectivity index (χ3v) is 3.73. The summed E-state index contributed by atoms with van der Waals surface area (Å²) in [6.45, 7) is 3.79. The van der Waals surface area contributed by atoms with Gasteiger partial charge in [0.1, 0.15) is 11.4 Å². The Morgan fingerprint density at radius 1 is 1.50 bits per heavy atom. The van der Waals surface area contributed by atoms with Crippen LogP contribution in [0.1, 0.15) is 30.7 Å². The molecule has 1 N–H and O–H groups in total. The van der Waals surface area contributed by atoms with Crippen molar-refractivity contribution in [3.05, 3.63) is 11.4 Å². The maximum absolute atomic E-state index is 11.8. The average Bonchev–Trinajstić information content (AvgIpc) is 2.74. The number of aryl methyl sites for hydroxylation is 1. The number of hydrogen-bond donors (Lipinski definition) is 1. The molecule has 0 aliphatic carbocycles. The summed E-state index contributed by atoms with van der Waals surface area (Å²) in [4.78, 5) is 15.4. The predicted octanol–water partition coefficient (Wildman–Crippen LogP) is 0.183. The number of hydrogen-bond acceptors (Lipinski definition) is 6. The Hall–Kier alpha value is -1.47. The zero-order valence-electron chi connectivity index (χ0n) is 12.3. The van der Waals surface area contributed by atoms with Crippen molar-refractivity contribution in [3.8, 4) is 0 Å². The van der Waals surface area contributed by atoms with E-state index in [9.17, 15) is 9.90 Å². The normalized spacial score (nSPS) is 23.8. The second-order valence-electron chi connectivity index (χ2n) is 5.80. The van der Waals surface area contributed by atoms with Gasteiger partial charge in [0, 0.05) is 27.2 Å². The molecular weight excluding hydrogens is 260 g/mol. The van der Waals surface area contributed by atoms with Gasteiger partial charge in [-0.25, -0.2) is 4.63 Å². The standard InChI is InChI=1S/C13H22N4O3/c1-10-11(15-20-14-10)8-17-6-4-5-13(19,9-17)7-12(18)16(2)3/h19H,4-9H2,1-3H3. The van der Waals surface area contributed by atoms with Crippen molar-refractivity contribution in [1.82, 2.24) is 20.1 Å². The summed E-state index contributed by atoms with van der Waals surface area (Å²) in [5, 5.41) is 18.2. The molecule has 0 aromatic carbocycles. The molecule has 2 rings (SSSR count). The van der Waals surface area contributed by atoms with Gasteiger partial charge in [-0.2, -0.15) is 0 Å². The smallest absolute Gasteiger partial charge is 0.224 e. The zero-order chi connectivity index (χ0) is 14.8. The van der Waals surface area contributed by atoms with Crippen molar-refractivity contribution < 1.29 is 14.5 Å². The van der Waals surface area contributed by atoms with Crippen molar-refractivity contribution in [1.29, 1.82) is 0 Å². The van der Waals surface area contributed by atoms with Crippen LogP contribution < -0.4 is 0 Å². The van der Waals surface area contributed by atoms with Crippen LogP contribution in [0.3, 0.4) is 0 Å². The third kappa shape index (κ3) is 3.55. The van der Waals surface area contributed by atoms with Crippen LogP contribution in [-0.2, 0) is 11.3 Å². The van der Waals surface area contributed by atoms with Crippen molar-refractivity contribution in [2.24, 2.45) is 0 Å². The number of carbonyl (C=O) groups excluding carboxylic acids is 1. The molecule has 2 heterocycles. The van der Waals surface area contributed by atoms with Crippen LogP contribution in [0.15, 0.2) is 4.63 Å². The number of piperidine rings is 1. The minimum atomic E-state index is -0.954. The molecule has 0 saturated carbocycles. The second-order valence-corrected chi connectivity index (χ2v) is 5.80. The van der Waals surface area contributed by atoms with Gasteiger partial charge in [-0.1, -0.05) is 10.3 Å². The van der Waals surface area contributed by atoms with E-state index in [0.717, 1.165) is 24.4 Å². The lowest BCUT2D eigenvalue weighted by atomic mass is 9.89. The minimum Gasteiger partial charge on any atom is -0.388 e. The van der Waals surface area contributed by atoms with Crippen LogP contribution in [-0.4, -0.2) is 63.9 Å². The molecule has 0 radical (unpaired) electrons. The summed E-state index contributed by atoms with van der Waals surface area (Å²) in [5.41, 5.74) is 0.599. The van der Waals surface area contributed by atoms with E-state index in [0.29, 0.717) is 19.5 Å². The molecule has 1 saturated heterocycles. The van der Waals surface area contributed by atoms with E-state index in [2.05, 4.69) is 19.8 Å². The molecule has 1 unspecified atom stereocenters. The summed E-state index contributed by atoms with van der Waals surface area (Å²) in [6, 6.07) is 0. The van der Waals surface area contributed by atoms with Crippen LogP contribution in [0.5, 0.6) is 0 Å². The van der Waals surface area contributed by atoms with E-state index < -0.39 is 5.60 Å². The molecule has 1 aliphatic heterocycles. The number of nitrogens with zero attached hydrogens (tertiary/aromatic N) is 4. The first-order valence-electron chi connectivity index (χ1n) is 6.82. The van der Waals surface area contributed by atoms with Crippen LogP contribution in [0, 0.1) is 6.92 Å². The van der Waals surface area contributed by atoms with Gasteiger partial charge in [0.15, 0.2) is 0 Å². The van der Waals surface area contributed by atoms with Gasteiger partial charge in [-0.05, 0) is 26.3 Å². The monoisotopic (exact) mass is 282 g/mol. The summed E-state index contributed by atoms with van der Waals surface area (Å²) in [7, 11) is 3.41. The first-order chi connectivity index (χ1) is 9.39. The summed E-state index contributed by atoms with van der Waals surface area (Å²) in [5.74, 6) is -0.0476. The maximum atomic E-state index is 11.8. The van der Waals surface area contributed by atoms with Gasteiger partial charge in [0.2, 0.25) is 5.91 Å². The summed E-state index contributed by atoms with van der Waals surface area (Å²) in [6.07, 6.45) is 1.67. The quantitative estimate of drug-likeness (QED) is 0.848. The lowest BCUT2D eigenvalue weighted by Gasteiger charge is -2.39. The Kier molecular flexibility index (Phi) is 4.39. The van der Waals surface area contributed by atoms with Crippen molar-refractivity contribution in [3.63, 3.8) is 0 Å². The zero-order valence-corrected chi connectivity index (χ0v) is 12.3. The molecule has 7 nitrogen and oxygen atoms in total. The van der Waals surface area contributed by atoms with E-state index in [-0.39, 0.29) is 12.3 Å². The van der Waals surface area contributed by atoms with Crippen LogP contribution in [0.25, 0.3) is 0 Å². The molecule has 0 spiro atoms. The van der Waals surface area contributed by atoms with Crippen LogP contribution in [0.4, 0.5) is 0 Å². The Morgan fingerprint density at radius 3 is 2.85 bits per heavy atom. The SMILES string of the molecule is Cc1nonc1CN1CCCC(O)(CC(=O)N(C)C)C1. The molecule has 1 atom stereocenters. The Labute approximate surface area is 118 Å². The average molecular weight is 282 g/mol. The van der Waals surface area contributed by atoms with E-state index in [1.165, 1.54) is 4.90 Å². The fourth-order valence-corrected chi connectivity index (χ4v) is 2.53. The molecule has 7 heteroatoms. The van der Waals surface area contributed by atoms with Gasteiger partial charge in [-0.3, -0.25) is 9.69 Å². The molecule has 0 bridgehead atoms. The fraction of sp³-hybridized carbons (Fsp3) is 0.769. The van der Waals surface area contributed by atoms with E-state index >= 15 is 0 Å². The Balaban J connectivity index is 1.97. The number of β-amino-alcohol motifs (C(OH)–C–C–N with tert-alkyl or cyclic N) is 1. The Bertz CT molecular complexity index is 474. The van der Waals surface area contributed by atoms with Crippen LogP contribution >= 0.6 is 0 Å². The highest BCUT2D eigenvalue weighted by Gasteiger charge is 2.36. The van der Waals surface area contributed by atoms with Crippen molar-refractivity contribution >= 4 is 5.91 Å². The van der Waals surface area contributed by atoms with E-state index in [1.807, 2.05) is 6.92 Å². The Morgan fingerprint density at radius 2 is 2.25 bits per heavy atom. The van der Waals surface area contributed by atoms with Crippen molar-refractivity contribution in [2.45, 2.75) is 38.3 Å². The van der Waals surface area contributed by atoms with Crippen LogP contribution in [0.2, 0.25) is 0 Å².